The number of anilines is 1. The molecule has 0 aliphatic rings. The fourth-order valence-electron chi connectivity index (χ4n) is 1.62. The lowest BCUT2D eigenvalue weighted by molar-refractivity contribution is 0.336. The van der Waals surface area contributed by atoms with E-state index in [9.17, 15) is 0 Å². The minimum Gasteiger partial charge on any atom is -0.384 e. The number of benzene rings is 1. The first-order valence-corrected chi connectivity index (χ1v) is 6.63. The molecule has 0 spiro atoms. The largest absolute Gasteiger partial charge is 0.384 e. The van der Waals surface area contributed by atoms with Crippen LogP contribution in [0.2, 0.25) is 0 Å². The van der Waals surface area contributed by atoms with Gasteiger partial charge in [0.05, 0.1) is 11.2 Å². The maximum Gasteiger partial charge on any atom is 0.0795 e. The quantitative estimate of drug-likeness (QED) is 0.850. The van der Waals surface area contributed by atoms with E-state index in [1.165, 1.54) is 5.69 Å². The summed E-state index contributed by atoms with van der Waals surface area (Å²) < 4.78 is 0. The van der Waals surface area contributed by atoms with Gasteiger partial charge in [-0.2, -0.15) is 0 Å². The van der Waals surface area contributed by atoms with Gasteiger partial charge >= 0.3 is 0 Å². The number of aromatic nitrogens is 1. The Balaban J connectivity index is 1.68. The van der Waals surface area contributed by atoms with Gasteiger partial charge in [-0.1, -0.05) is 18.2 Å². The maximum absolute atomic E-state index is 4.28. The molecule has 2 aromatic rings. The molecule has 1 aromatic heterocycles. The summed E-state index contributed by atoms with van der Waals surface area (Å²) in [5.41, 5.74) is 4.21. The van der Waals surface area contributed by atoms with E-state index in [0.29, 0.717) is 0 Å². The minimum atomic E-state index is 0.917. The van der Waals surface area contributed by atoms with Crippen molar-refractivity contribution < 1.29 is 0 Å². The molecular formula is C13H17N3S. The third-order valence-electron chi connectivity index (χ3n) is 2.51. The Morgan fingerprint density at radius 3 is 2.82 bits per heavy atom. The van der Waals surface area contributed by atoms with Crippen LogP contribution >= 0.6 is 11.3 Å². The van der Waals surface area contributed by atoms with Crippen LogP contribution in [0.25, 0.3) is 0 Å². The number of likely N-dealkylation sites (N-methyl/N-ethyl adjacent to an activating group) is 1. The summed E-state index contributed by atoms with van der Waals surface area (Å²) in [5, 5.41) is 5.49. The number of para-hydroxylation sites is 1. The van der Waals surface area contributed by atoms with Gasteiger partial charge in [-0.15, -0.1) is 11.3 Å². The predicted octanol–water partition coefficient (Wildman–Crippen LogP) is 2.69. The van der Waals surface area contributed by atoms with E-state index in [1.807, 2.05) is 23.7 Å². The van der Waals surface area contributed by atoms with Crippen molar-refractivity contribution in [2.45, 2.75) is 6.54 Å². The average Bonchev–Trinajstić information content (AvgIpc) is 2.83. The van der Waals surface area contributed by atoms with Gasteiger partial charge in [0.2, 0.25) is 0 Å². The Morgan fingerprint density at radius 2 is 2.12 bits per heavy atom. The van der Waals surface area contributed by atoms with Crippen LogP contribution in [0.1, 0.15) is 5.69 Å². The summed E-state index contributed by atoms with van der Waals surface area (Å²) in [4.78, 5) is 6.55. The average molecular weight is 247 g/mol. The van der Waals surface area contributed by atoms with Crippen molar-refractivity contribution in [2.75, 3.05) is 25.5 Å². The fourth-order valence-corrected chi connectivity index (χ4v) is 2.17. The van der Waals surface area contributed by atoms with Gasteiger partial charge in [-0.05, 0) is 19.2 Å². The molecule has 0 saturated carbocycles. The van der Waals surface area contributed by atoms with E-state index in [0.717, 1.165) is 25.3 Å². The molecule has 4 heteroatoms. The molecular weight excluding hydrogens is 230 g/mol. The molecule has 0 bridgehead atoms. The van der Waals surface area contributed by atoms with Crippen molar-refractivity contribution in [3.63, 3.8) is 0 Å². The molecule has 3 nitrogen and oxygen atoms in total. The molecule has 0 aliphatic heterocycles. The Labute approximate surface area is 106 Å². The predicted molar refractivity (Wildman–Crippen MR) is 73.4 cm³/mol. The van der Waals surface area contributed by atoms with Gasteiger partial charge in [0.15, 0.2) is 0 Å². The smallest absolute Gasteiger partial charge is 0.0795 e. The van der Waals surface area contributed by atoms with E-state index >= 15 is 0 Å². The molecule has 0 aliphatic carbocycles. The Hall–Kier alpha value is -1.39. The highest BCUT2D eigenvalue weighted by molar-refractivity contribution is 7.07. The first-order valence-electron chi connectivity index (χ1n) is 5.69. The summed E-state index contributed by atoms with van der Waals surface area (Å²) in [6, 6.07) is 10.3. The maximum atomic E-state index is 4.28. The second-order valence-electron chi connectivity index (χ2n) is 4.01. The van der Waals surface area contributed by atoms with Gasteiger partial charge in [0, 0.05) is 30.7 Å². The summed E-state index contributed by atoms with van der Waals surface area (Å²) >= 11 is 1.65. The number of nitrogens with zero attached hydrogens (tertiary/aromatic N) is 2. The van der Waals surface area contributed by atoms with Gasteiger partial charge in [0.25, 0.3) is 0 Å². The van der Waals surface area contributed by atoms with Crippen LogP contribution in [-0.2, 0) is 6.54 Å². The lowest BCUT2D eigenvalue weighted by atomic mass is 10.3. The van der Waals surface area contributed by atoms with E-state index in [2.05, 4.69) is 39.8 Å². The molecule has 0 saturated heterocycles. The zero-order valence-electron chi connectivity index (χ0n) is 9.97. The lowest BCUT2D eigenvalue weighted by Crippen LogP contribution is -2.24. The molecule has 0 atom stereocenters. The molecule has 2 rings (SSSR count). The van der Waals surface area contributed by atoms with Gasteiger partial charge in [-0.25, -0.2) is 4.98 Å². The highest BCUT2D eigenvalue weighted by Gasteiger charge is 2.01. The number of hydrogen-bond donors (Lipinski definition) is 1. The van der Waals surface area contributed by atoms with Gasteiger partial charge < -0.3 is 5.32 Å². The minimum absolute atomic E-state index is 0.917. The van der Waals surface area contributed by atoms with Crippen molar-refractivity contribution in [3.8, 4) is 0 Å². The molecule has 0 fully saturated rings. The van der Waals surface area contributed by atoms with E-state index in [1.54, 1.807) is 11.3 Å². The van der Waals surface area contributed by atoms with Crippen molar-refractivity contribution in [2.24, 2.45) is 0 Å². The normalized spacial score (nSPS) is 10.7. The number of thiazole rings is 1. The van der Waals surface area contributed by atoms with E-state index < -0.39 is 0 Å². The summed E-state index contributed by atoms with van der Waals surface area (Å²) in [5.74, 6) is 0. The zero-order valence-corrected chi connectivity index (χ0v) is 10.8. The summed E-state index contributed by atoms with van der Waals surface area (Å²) in [6.07, 6.45) is 0. The van der Waals surface area contributed by atoms with Crippen molar-refractivity contribution in [1.82, 2.24) is 9.88 Å². The second-order valence-corrected chi connectivity index (χ2v) is 4.73. The summed E-state index contributed by atoms with van der Waals surface area (Å²) in [7, 11) is 2.12. The van der Waals surface area contributed by atoms with Crippen LogP contribution < -0.4 is 5.32 Å². The highest BCUT2D eigenvalue weighted by Crippen LogP contribution is 2.05. The third-order valence-corrected chi connectivity index (χ3v) is 3.15. The fraction of sp³-hybridized carbons (Fsp3) is 0.308. The number of rotatable bonds is 6. The molecule has 17 heavy (non-hydrogen) atoms. The van der Waals surface area contributed by atoms with Gasteiger partial charge in [0.1, 0.15) is 0 Å². The monoisotopic (exact) mass is 247 g/mol. The molecule has 1 heterocycles. The first-order chi connectivity index (χ1) is 8.34. The first kappa shape index (κ1) is 12.1. The van der Waals surface area contributed by atoms with Crippen LogP contribution in [0.15, 0.2) is 41.2 Å². The summed E-state index contributed by atoms with van der Waals surface area (Å²) in [6.45, 7) is 2.87. The Kier molecular flexibility index (Phi) is 4.53. The standard InChI is InChI=1S/C13H17N3S/c1-16(9-13-10-17-11-15-13)8-7-14-12-5-3-2-4-6-12/h2-6,10-11,14H,7-9H2,1H3. The van der Waals surface area contributed by atoms with Crippen molar-refractivity contribution in [1.29, 1.82) is 0 Å². The molecule has 1 aromatic carbocycles. The SMILES string of the molecule is CN(CCNc1ccccc1)Cc1cscn1. The highest BCUT2D eigenvalue weighted by atomic mass is 32.1. The number of hydrogen-bond acceptors (Lipinski definition) is 4. The van der Waals surface area contributed by atoms with E-state index in [-0.39, 0.29) is 0 Å². The van der Waals surface area contributed by atoms with Crippen LogP contribution in [-0.4, -0.2) is 30.0 Å². The lowest BCUT2D eigenvalue weighted by Gasteiger charge is -2.16. The molecule has 0 unspecified atom stereocenters. The molecule has 0 amide bonds. The topological polar surface area (TPSA) is 28.2 Å². The molecule has 1 N–H and O–H groups in total. The van der Waals surface area contributed by atoms with Crippen molar-refractivity contribution in [3.05, 3.63) is 46.9 Å². The second kappa shape index (κ2) is 6.37. The molecule has 90 valence electrons. The Bertz CT molecular complexity index is 413. The van der Waals surface area contributed by atoms with Crippen LogP contribution in [0.5, 0.6) is 0 Å². The van der Waals surface area contributed by atoms with Gasteiger partial charge in [-0.3, -0.25) is 4.90 Å². The van der Waals surface area contributed by atoms with Crippen LogP contribution in [0.3, 0.4) is 0 Å². The molecule has 0 radical (unpaired) electrons. The zero-order chi connectivity index (χ0) is 11.9. The Morgan fingerprint density at radius 1 is 1.29 bits per heavy atom. The third kappa shape index (κ3) is 4.17. The van der Waals surface area contributed by atoms with Crippen molar-refractivity contribution >= 4 is 17.0 Å². The number of nitrogens with one attached hydrogen (secondary N) is 1. The van der Waals surface area contributed by atoms with E-state index in [4.69, 9.17) is 0 Å². The van der Waals surface area contributed by atoms with Crippen LogP contribution in [0.4, 0.5) is 5.69 Å². The van der Waals surface area contributed by atoms with Crippen LogP contribution in [0, 0.1) is 0 Å².